The number of carbonyl (C=O) groups excluding carboxylic acids is 2. The predicted molar refractivity (Wildman–Crippen MR) is 121 cm³/mol. The van der Waals surface area contributed by atoms with Crippen LogP contribution in [0.1, 0.15) is 36.8 Å². The summed E-state index contributed by atoms with van der Waals surface area (Å²) in [5.41, 5.74) is 1.95. The van der Waals surface area contributed by atoms with E-state index in [0.717, 1.165) is 34.7 Å². The summed E-state index contributed by atoms with van der Waals surface area (Å²) in [5.74, 6) is -0.649. The van der Waals surface area contributed by atoms with Gasteiger partial charge in [-0.3, -0.25) is 13.9 Å². The summed E-state index contributed by atoms with van der Waals surface area (Å²) in [5, 5.41) is 2.82. The molecule has 0 aromatic heterocycles. The van der Waals surface area contributed by atoms with Crippen LogP contribution in [0.15, 0.2) is 48.5 Å². The van der Waals surface area contributed by atoms with Crippen LogP contribution >= 0.6 is 0 Å². The van der Waals surface area contributed by atoms with E-state index < -0.39 is 15.8 Å². The van der Waals surface area contributed by atoms with Gasteiger partial charge in [0.15, 0.2) is 0 Å². The summed E-state index contributed by atoms with van der Waals surface area (Å²) >= 11 is 0. The topological polar surface area (TPSA) is 86.8 Å². The van der Waals surface area contributed by atoms with Crippen LogP contribution in [0, 0.1) is 5.82 Å². The average molecular weight is 462 g/mol. The predicted octanol–water partition coefficient (Wildman–Crippen LogP) is 2.81. The van der Waals surface area contributed by atoms with Crippen molar-refractivity contribution in [3.8, 4) is 0 Å². The van der Waals surface area contributed by atoms with E-state index in [1.807, 2.05) is 29.2 Å². The van der Waals surface area contributed by atoms with Gasteiger partial charge in [-0.25, -0.2) is 12.8 Å². The molecular weight excluding hydrogens is 433 g/mol. The molecule has 1 N–H and O–H groups in total. The molecule has 2 aromatic rings. The molecule has 0 aliphatic carbocycles. The highest BCUT2D eigenvalue weighted by Gasteiger charge is 2.21. The van der Waals surface area contributed by atoms with E-state index in [9.17, 15) is 22.4 Å². The fraction of sp³-hybridized carbons (Fsp3) is 0.391. The first kappa shape index (κ1) is 23.7. The van der Waals surface area contributed by atoms with E-state index in [0.29, 0.717) is 19.5 Å². The van der Waals surface area contributed by atoms with Gasteiger partial charge in [0.25, 0.3) is 0 Å². The molecular formula is C23H28FN3O4S. The Labute approximate surface area is 188 Å². The Morgan fingerprint density at radius 1 is 1.12 bits per heavy atom. The van der Waals surface area contributed by atoms with Crippen molar-refractivity contribution in [3.05, 3.63) is 65.5 Å². The summed E-state index contributed by atoms with van der Waals surface area (Å²) in [4.78, 5) is 25.8. The van der Waals surface area contributed by atoms with Crippen LogP contribution in [0.3, 0.4) is 0 Å². The molecule has 0 radical (unpaired) electrons. The van der Waals surface area contributed by atoms with Gasteiger partial charge in [-0.1, -0.05) is 36.4 Å². The first-order valence-corrected chi connectivity index (χ1v) is 12.4. The van der Waals surface area contributed by atoms with Crippen LogP contribution in [0.25, 0.3) is 0 Å². The third-order valence-corrected chi connectivity index (χ3v) is 6.52. The van der Waals surface area contributed by atoms with Gasteiger partial charge < -0.3 is 10.2 Å². The largest absolute Gasteiger partial charge is 0.352 e. The zero-order valence-corrected chi connectivity index (χ0v) is 18.9. The van der Waals surface area contributed by atoms with Gasteiger partial charge in [0.05, 0.1) is 11.9 Å². The van der Waals surface area contributed by atoms with Gasteiger partial charge in [-0.2, -0.15) is 0 Å². The van der Waals surface area contributed by atoms with Crippen molar-refractivity contribution in [3.63, 3.8) is 0 Å². The number of amides is 2. The monoisotopic (exact) mass is 461 g/mol. The second-order valence-corrected chi connectivity index (χ2v) is 9.81. The minimum atomic E-state index is -3.67. The summed E-state index contributed by atoms with van der Waals surface area (Å²) < 4.78 is 39.1. The molecule has 1 saturated heterocycles. The molecule has 7 nitrogen and oxygen atoms in total. The second-order valence-electron chi connectivity index (χ2n) is 7.90. The van der Waals surface area contributed by atoms with E-state index in [2.05, 4.69) is 5.32 Å². The van der Waals surface area contributed by atoms with Crippen molar-refractivity contribution in [1.29, 1.82) is 0 Å². The molecule has 0 unspecified atom stereocenters. The summed E-state index contributed by atoms with van der Waals surface area (Å²) in [6, 6.07) is 13.4. The Kier molecular flexibility index (Phi) is 7.84. The fourth-order valence-electron chi connectivity index (χ4n) is 3.65. The number of sulfonamides is 1. The van der Waals surface area contributed by atoms with Crippen molar-refractivity contribution >= 4 is 27.5 Å². The third kappa shape index (κ3) is 6.53. The van der Waals surface area contributed by atoms with Crippen LogP contribution in [-0.4, -0.2) is 44.5 Å². The molecule has 0 bridgehead atoms. The lowest BCUT2D eigenvalue weighted by Gasteiger charge is -2.22. The summed E-state index contributed by atoms with van der Waals surface area (Å²) in [7, 11) is -3.67. The molecule has 172 valence electrons. The maximum atomic E-state index is 14.0. The van der Waals surface area contributed by atoms with E-state index in [1.54, 1.807) is 6.07 Å². The van der Waals surface area contributed by atoms with Crippen molar-refractivity contribution in [1.82, 2.24) is 10.2 Å². The molecule has 32 heavy (non-hydrogen) atoms. The first-order chi connectivity index (χ1) is 15.2. The maximum Gasteiger partial charge on any atom is 0.232 e. The number of anilines is 1. The minimum Gasteiger partial charge on any atom is -0.352 e. The highest BCUT2D eigenvalue weighted by molar-refractivity contribution is 7.92. The summed E-state index contributed by atoms with van der Waals surface area (Å²) in [6.07, 6.45) is 2.92. The van der Waals surface area contributed by atoms with Gasteiger partial charge >= 0.3 is 0 Å². The number of rotatable bonds is 10. The quantitative estimate of drug-likeness (QED) is 0.590. The number of carbonyl (C=O) groups is 2. The molecule has 2 amide bonds. The molecule has 0 atom stereocenters. The maximum absolute atomic E-state index is 14.0. The smallest absolute Gasteiger partial charge is 0.232 e. The lowest BCUT2D eigenvalue weighted by molar-refractivity contribution is -0.128. The Hall–Kier alpha value is -2.94. The Morgan fingerprint density at radius 2 is 1.81 bits per heavy atom. The zero-order valence-electron chi connectivity index (χ0n) is 18.1. The van der Waals surface area contributed by atoms with Crippen LogP contribution in [0.2, 0.25) is 0 Å². The molecule has 1 aliphatic rings. The van der Waals surface area contributed by atoms with Crippen LogP contribution < -0.4 is 9.62 Å². The van der Waals surface area contributed by atoms with Gasteiger partial charge in [0, 0.05) is 39.0 Å². The number of hydrogen-bond acceptors (Lipinski definition) is 4. The van der Waals surface area contributed by atoms with Crippen molar-refractivity contribution in [2.24, 2.45) is 0 Å². The van der Waals surface area contributed by atoms with Crippen molar-refractivity contribution in [2.75, 3.05) is 23.7 Å². The van der Waals surface area contributed by atoms with Gasteiger partial charge in [0.1, 0.15) is 5.82 Å². The van der Waals surface area contributed by atoms with E-state index in [4.69, 9.17) is 0 Å². The Morgan fingerprint density at radius 3 is 2.44 bits per heavy atom. The molecule has 0 saturated carbocycles. The SMILES string of the molecule is CS(=O)(=O)N(CCCC(=O)NCc1ccc(CN2CCCC2=O)cc1)c1ccccc1F. The fourth-order valence-corrected chi connectivity index (χ4v) is 4.61. The lowest BCUT2D eigenvalue weighted by Crippen LogP contribution is -2.32. The highest BCUT2D eigenvalue weighted by Crippen LogP contribution is 2.22. The lowest BCUT2D eigenvalue weighted by atomic mass is 10.1. The van der Waals surface area contributed by atoms with Crippen LogP contribution in [0.4, 0.5) is 10.1 Å². The molecule has 2 aromatic carbocycles. The minimum absolute atomic E-state index is 0.0110. The Bertz CT molecular complexity index is 1060. The van der Waals surface area contributed by atoms with Crippen LogP contribution in [0.5, 0.6) is 0 Å². The normalized spacial score (nSPS) is 13.9. The van der Waals surface area contributed by atoms with Gasteiger partial charge in [0.2, 0.25) is 21.8 Å². The number of nitrogens with one attached hydrogen (secondary N) is 1. The second kappa shape index (κ2) is 10.6. The highest BCUT2D eigenvalue weighted by atomic mass is 32.2. The number of nitrogens with zero attached hydrogens (tertiary/aromatic N) is 2. The van der Waals surface area contributed by atoms with Crippen molar-refractivity contribution < 1.29 is 22.4 Å². The number of para-hydroxylation sites is 1. The average Bonchev–Trinajstić information content (AvgIpc) is 3.15. The molecule has 1 fully saturated rings. The molecule has 3 rings (SSSR count). The number of likely N-dealkylation sites (tertiary alicyclic amines) is 1. The van der Waals surface area contributed by atoms with Gasteiger partial charge in [-0.15, -0.1) is 0 Å². The zero-order chi connectivity index (χ0) is 23.1. The molecule has 1 aliphatic heterocycles. The van der Waals surface area contributed by atoms with E-state index in [-0.39, 0.29) is 36.9 Å². The van der Waals surface area contributed by atoms with Gasteiger partial charge in [-0.05, 0) is 36.1 Å². The molecule has 0 spiro atoms. The van der Waals surface area contributed by atoms with Crippen molar-refractivity contribution in [2.45, 2.75) is 38.8 Å². The summed E-state index contributed by atoms with van der Waals surface area (Å²) in [6.45, 7) is 1.76. The van der Waals surface area contributed by atoms with E-state index in [1.165, 1.54) is 18.2 Å². The van der Waals surface area contributed by atoms with Crippen LogP contribution in [-0.2, 0) is 32.7 Å². The van der Waals surface area contributed by atoms with E-state index >= 15 is 0 Å². The molecule has 9 heteroatoms. The standard InChI is InChI=1S/C23H28FN3O4S/c1-32(30,31)27(21-7-3-2-6-20(21)24)15-4-8-22(28)25-16-18-10-12-19(13-11-18)17-26-14-5-9-23(26)29/h2-3,6-7,10-13H,4-5,8-9,14-17H2,1H3,(H,25,28). The number of benzene rings is 2. The number of hydrogen-bond donors (Lipinski definition) is 1. The first-order valence-electron chi connectivity index (χ1n) is 10.6. The molecule has 1 heterocycles. The third-order valence-electron chi connectivity index (χ3n) is 5.34. The number of halogens is 1. The Balaban J connectivity index is 1.45.